The van der Waals surface area contributed by atoms with Gasteiger partial charge in [0.05, 0.1) is 16.3 Å². The van der Waals surface area contributed by atoms with Crippen molar-refractivity contribution in [2.45, 2.75) is 12.5 Å². The molecule has 1 atom stereocenters. The zero-order chi connectivity index (χ0) is 13.9. The van der Waals surface area contributed by atoms with Crippen molar-refractivity contribution >= 4 is 52.3 Å². The standard InChI is InChI=1S/C9H8Cl2N2O4S/c10-5-1-3(7(11)18-5)8(15)13-4(9(16)17)2-6(12)14/h1,4H,2H2,(H2,12,14)(H,13,15)(H,16,17)/t4-/m0/s1. The van der Waals surface area contributed by atoms with Crippen LogP contribution in [0.25, 0.3) is 0 Å². The summed E-state index contributed by atoms with van der Waals surface area (Å²) in [6.07, 6.45) is -0.503. The Labute approximate surface area is 116 Å². The number of carboxylic acids is 1. The van der Waals surface area contributed by atoms with Crippen LogP contribution in [0.2, 0.25) is 8.67 Å². The number of carbonyl (C=O) groups is 3. The lowest BCUT2D eigenvalue weighted by molar-refractivity contribution is -0.140. The molecule has 2 amide bonds. The molecule has 0 spiro atoms. The van der Waals surface area contributed by atoms with Gasteiger partial charge in [-0.3, -0.25) is 9.59 Å². The number of thiophene rings is 1. The Balaban J connectivity index is 2.81. The Bertz CT molecular complexity index is 503. The van der Waals surface area contributed by atoms with Gasteiger partial charge in [-0.2, -0.15) is 0 Å². The summed E-state index contributed by atoms with van der Waals surface area (Å²) < 4.78 is 0.438. The van der Waals surface area contributed by atoms with Crippen LogP contribution in [-0.2, 0) is 9.59 Å². The zero-order valence-corrected chi connectivity index (χ0v) is 11.1. The fraction of sp³-hybridized carbons (Fsp3) is 0.222. The van der Waals surface area contributed by atoms with Crippen molar-refractivity contribution in [3.63, 3.8) is 0 Å². The number of aliphatic carboxylic acids is 1. The number of carboxylic acid groups (broad SMARTS) is 1. The SMILES string of the molecule is NC(=O)C[C@H](NC(=O)c1cc(Cl)sc1Cl)C(=O)O. The highest BCUT2D eigenvalue weighted by Gasteiger charge is 2.24. The van der Waals surface area contributed by atoms with Gasteiger partial charge in [0.2, 0.25) is 5.91 Å². The summed E-state index contributed by atoms with van der Waals surface area (Å²) in [6, 6.07) is -0.0858. The van der Waals surface area contributed by atoms with Crippen molar-refractivity contribution < 1.29 is 19.5 Å². The first kappa shape index (κ1) is 14.7. The molecule has 0 aliphatic heterocycles. The van der Waals surface area contributed by atoms with Gasteiger partial charge in [0.15, 0.2) is 0 Å². The molecule has 18 heavy (non-hydrogen) atoms. The number of carbonyl (C=O) groups excluding carboxylic acids is 2. The Kier molecular flexibility index (Phi) is 4.94. The van der Waals surface area contributed by atoms with E-state index in [1.807, 2.05) is 0 Å². The second-order valence-corrected chi connectivity index (χ2v) is 5.56. The molecule has 0 aromatic carbocycles. The molecular formula is C9H8Cl2N2O4S. The normalized spacial score (nSPS) is 11.9. The topological polar surface area (TPSA) is 109 Å². The largest absolute Gasteiger partial charge is 0.480 e. The summed E-state index contributed by atoms with van der Waals surface area (Å²) in [7, 11) is 0. The maximum atomic E-state index is 11.7. The third kappa shape index (κ3) is 3.86. The number of hydrogen-bond donors (Lipinski definition) is 3. The van der Waals surface area contributed by atoms with Crippen molar-refractivity contribution in [2.24, 2.45) is 5.73 Å². The summed E-state index contributed by atoms with van der Waals surface area (Å²) in [5, 5.41) is 11.0. The summed E-state index contributed by atoms with van der Waals surface area (Å²) in [5.74, 6) is -2.92. The molecule has 98 valence electrons. The van der Waals surface area contributed by atoms with Crippen molar-refractivity contribution in [3.05, 3.63) is 20.3 Å². The summed E-state index contributed by atoms with van der Waals surface area (Å²) in [6.45, 7) is 0. The Hall–Kier alpha value is -1.31. The van der Waals surface area contributed by atoms with Crippen LogP contribution in [0.4, 0.5) is 0 Å². The second-order valence-electron chi connectivity index (χ2n) is 3.27. The van der Waals surface area contributed by atoms with Crippen LogP contribution in [0.5, 0.6) is 0 Å². The second kappa shape index (κ2) is 6.03. The van der Waals surface area contributed by atoms with Gasteiger partial charge in [-0.05, 0) is 6.07 Å². The minimum absolute atomic E-state index is 0.0578. The highest BCUT2D eigenvalue weighted by atomic mass is 35.5. The number of primary amides is 1. The van der Waals surface area contributed by atoms with Crippen molar-refractivity contribution in [3.8, 4) is 0 Å². The van der Waals surface area contributed by atoms with Crippen LogP contribution in [0.15, 0.2) is 6.07 Å². The van der Waals surface area contributed by atoms with E-state index in [4.69, 9.17) is 34.0 Å². The molecule has 6 nitrogen and oxygen atoms in total. The molecule has 0 radical (unpaired) electrons. The van der Waals surface area contributed by atoms with Crippen LogP contribution in [0, 0.1) is 0 Å². The van der Waals surface area contributed by atoms with E-state index in [1.165, 1.54) is 6.07 Å². The van der Waals surface area contributed by atoms with Gasteiger partial charge in [0.1, 0.15) is 10.4 Å². The lowest BCUT2D eigenvalue weighted by atomic mass is 10.2. The summed E-state index contributed by atoms with van der Waals surface area (Å²) in [5.41, 5.74) is 4.94. The number of rotatable bonds is 5. The number of halogens is 2. The van der Waals surface area contributed by atoms with E-state index in [-0.39, 0.29) is 9.90 Å². The molecule has 0 aliphatic carbocycles. The third-order valence-corrected chi connectivity index (χ3v) is 3.40. The van der Waals surface area contributed by atoms with Crippen LogP contribution in [0.3, 0.4) is 0 Å². The van der Waals surface area contributed by atoms with Crippen LogP contribution in [0.1, 0.15) is 16.8 Å². The fourth-order valence-electron chi connectivity index (χ4n) is 1.13. The molecular weight excluding hydrogens is 303 g/mol. The van der Waals surface area contributed by atoms with Crippen LogP contribution >= 0.6 is 34.5 Å². The molecule has 0 fully saturated rings. The Morgan fingerprint density at radius 1 is 1.44 bits per heavy atom. The smallest absolute Gasteiger partial charge is 0.326 e. The summed E-state index contributed by atoms with van der Waals surface area (Å²) >= 11 is 12.4. The number of hydrogen-bond acceptors (Lipinski definition) is 4. The van der Waals surface area contributed by atoms with E-state index in [1.54, 1.807) is 0 Å². The average molecular weight is 311 g/mol. The van der Waals surface area contributed by atoms with Gasteiger partial charge in [-0.25, -0.2) is 4.79 Å². The highest BCUT2D eigenvalue weighted by molar-refractivity contribution is 7.20. The lowest BCUT2D eigenvalue weighted by Crippen LogP contribution is -2.43. The first-order valence-corrected chi connectivity index (χ1v) is 6.15. The van der Waals surface area contributed by atoms with Gasteiger partial charge in [0.25, 0.3) is 5.91 Å². The van der Waals surface area contributed by atoms with Crippen molar-refractivity contribution in [1.29, 1.82) is 0 Å². The van der Waals surface area contributed by atoms with Gasteiger partial charge >= 0.3 is 5.97 Å². The summed E-state index contributed by atoms with van der Waals surface area (Å²) in [4.78, 5) is 33.2. The van der Waals surface area contributed by atoms with Gasteiger partial charge in [0, 0.05) is 0 Å². The maximum Gasteiger partial charge on any atom is 0.326 e. The minimum Gasteiger partial charge on any atom is -0.480 e. The first-order valence-electron chi connectivity index (χ1n) is 4.58. The molecule has 0 saturated carbocycles. The highest BCUT2D eigenvalue weighted by Crippen LogP contribution is 2.31. The van der Waals surface area contributed by atoms with E-state index in [0.717, 1.165) is 11.3 Å². The molecule has 9 heteroatoms. The maximum absolute atomic E-state index is 11.7. The number of nitrogens with one attached hydrogen (secondary N) is 1. The third-order valence-electron chi connectivity index (χ3n) is 1.91. The molecule has 1 aromatic heterocycles. The Morgan fingerprint density at radius 2 is 2.06 bits per heavy atom. The number of amides is 2. The molecule has 1 rings (SSSR count). The molecule has 0 saturated heterocycles. The molecule has 1 heterocycles. The Morgan fingerprint density at radius 3 is 2.44 bits per heavy atom. The minimum atomic E-state index is -1.40. The molecule has 0 unspecified atom stereocenters. The predicted octanol–water partition coefficient (Wildman–Crippen LogP) is 1.11. The van der Waals surface area contributed by atoms with Gasteiger partial charge < -0.3 is 16.2 Å². The monoisotopic (exact) mass is 310 g/mol. The fourth-order valence-corrected chi connectivity index (χ4v) is 2.59. The van der Waals surface area contributed by atoms with E-state index in [0.29, 0.717) is 4.34 Å². The van der Waals surface area contributed by atoms with Crippen LogP contribution in [-0.4, -0.2) is 28.9 Å². The van der Waals surface area contributed by atoms with E-state index < -0.39 is 30.2 Å². The molecule has 1 aromatic rings. The van der Waals surface area contributed by atoms with Gasteiger partial charge in [-0.1, -0.05) is 23.2 Å². The van der Waals surface area contributed by atoms with E-state index >= 15 is 0 Å². The van der Waals surface area contributed by atoms with E-state index in [9.17, 15) is 14.4 Å². The quantitative estimate of drug-likeness (QED) is 0.756. The van der Waals surface area contributed by atoms with E-state index in [2.05, 4.69) is 5.32 Å². The molecule has 4 N–H and O–H groups in total. The number of nitrogens with two attached hydrogens (primary N) is 1. The first-order chi connectivity index (χ1) is 8.31. The molecule has 0 bridgehead atoms. The van der Waals surface area contributed by atoms with Crippen molar-refractivity contribution in [1.82, 2.24) is 5.32 Å². The van der Waals surface area contributed by atoms with Crippen molar-refractivity contribution in [2.75, 3.05) is 0 Å². The predicted molar refractivity (Wildman–Crippen MR) is 67.0 cm³/mol. The van der Waals surface area contributed by atoms with Crippen LogP contribution < -0.4 is 11.1 Å². The molecule has 0 aliphatic rings. The lowest BCUT2D eigenvalue weighted by Gasteiger charge is -2.12. The average Bonchev–Trinajstić information content (AvgIpc) is 2.56. The van der Waals surface area contributed by atoms with Gasteiger partial charge in [-0.15, -0.1) is 11.3 Å². The zero-order valence-electron chi connectivity index (χ0n) is 8.78.